The highest BCUT2D eigenvalue weighted by atomic mass is 15.1. The molecule has 1 aliphatic rings. The van der Waals surface area contributed by atoms with Crippen LogP contribution in [0.3, 0.4) is 0 Å². The summed E-state index contributed by atoms with van der Waals surface area (Å²) in [6.45, 7) is 2.17. The number of nitrogens with one attached hydrogen (secondary N) is 1. The van der Waals surface area contributed by atoms with Gasteiger partial charge in [-0.25, -0.2) is 9.97 Å². The molecule has 0 aromatic carbocycles. The van der Waals surface area contributed by atoms with E-state index in [1.807, 2.05) is 0 Å². The van der Waals surface area contributed by atoms with E-state index >= 15 is 0 Å². The molecular formula is C8H12N4. The van der Waals surface area contributed by atoms with E-state index < -0.39 is 0 Å². The van der Waals surface area contributed by atoms with E-state index in [0.717, 1.165) is 5.82 Å². The highest BCUT2D eigenvalue weighted by molar-refractivity contribution is 5.40. The van der Waals surface area contributed by atoms with Crippen molar-refractivity contribution in [3.63, 3.8) is 0 Å². The number of nitrogen functional groups attached to an aromatic ring is 1. The van der Waals surface area contributed by atoms with E-state index in [-0.39, 0.29) is 5.54 Å². The van der Waals surface area contributed by atoms with Gasteiger partial charge in [-0.2, -0.15) is 0 Å². The summed E-state index contributed by atoms with van der Waals surface area (Å²) in [5.41, 5.74) is 5.66. The van der Waals surface area contributed by atoms with Crippen molar-refractivity contribution < 1.29 is 0 Å². The molecule has 4 nitrogen and oxygen atoms in total. The summed E-state index contributed by atoms with van der Waals surface area (Å²) >= 11 is 0. The third-order valence-electron chi connectivity index (χ3n) is 2.10. The number of hydrogen-bond donors (Lipinski definition) is 2. The van der Waals surface area contributed by atoms with E-state index in [9.17, 15) is 0 Å². The molecule has 1 saturated carbocycles. The van der Waals surface area contributed by atoms with Gasteiger partial charge in [0.1, 0.15) is 11.6 Å². The van der Waals surface area contributed by atoms with Crippen LogP contribution in [-0.4, -0.2) is 15.5 Å². The lowest BCUT2D eigenvalue weighted by atomic mass is 10.3. The summed E-state index contributed by atoms with van der Waals surface area (Å²) in [6.07, 6.45) is 5.64. The maximum atomic E-state index is 5.40. The second-order valence-corrected chi connectivity index (χ2v) is 3.51. The first-order valence-corrected chi connectivity index (χ1v) is 4.04. The molecule has 4 heteroatoms. The molecule has 0 unspecified atom stereocenters. The smallest absolute Gasteiger partial charge is 0.145 e. The number of rotatable bonds is 2. The van der Waals surface area contributed by atoms with Crippen molar-refractivity contribution >= 4 is 11.6 Å². The van der Waals surface area contributed by atoms with Crippen LogP contribution < -0.4 is 11.1 Å². The van der Waals surface area contributed by atoms with Crippen molar-refractivity contribution in [1.29, 1.82) is 0 Å². The maximum Gasteiger partial charge on any atom is 0.145 e. The lowest BCUT2D eigenvalue weighted by Crippen LogP contribution is -2.17. The van der Waals surface area contributed by atoms with Gasteiger partial charge in [-0.3, -0.25) is 0 Å². The number of anilines is 2. The summed E-state index contributed by atoms with van der Waals surface area (Å²) in [7, 11) is 0. The highest BCUT2D eigenvalue weighted by Crippen LogP contribution is 2.37. The van der Waals surface area contributed by atoms with Gasteiger partial charge in [-0.05, 0) is 19.8 Å². The van der Waals surface area contributed by atoms with Crippen molar-refractivity contribution in [1.82, 2.24) is 9.97 Å². The van der Waals surface area contributed by atoms with Crippen LogP contribution in [-0.2, 0) is 0 Å². The zero-order valence-electron chi connectivity index (χ0n) is 7.04. The van der Waals surface area contributed by atoms with Crippen molar-refractivity contribution in [3.05, 3.63) is 12.4 Å². The van der Waals surface area contributed by atoms with E-state index in [1.54, 1.807) is 12.4 Å². The first-order chi connectivity index (χ1) is 5.68. The Morgan fingerprint density at radius 1 is 1.42 bits per heavy atom. The van der Waals surface area contributed by atoms with Gasteiger partial charge in [-0.15, -0.1) is 0 Å². The van der Waals surface area contributed by atoms with Crippen LogP contribution in [0.4, 0.5) is 11.6 Å². The lowest BCUT2D eigenvalue weighted by molar-refractivity contribution is 0.819. The van der Waals surface area contributed by atoms with Gasteiger partial charge in [0.05, 0.1) is 12.4 Å². The molecule has 1 heterocycles. The molecule has 0 atom stereocenters. The van der Waals surface area contributed by atoms with E-state index in [0.29, 0.717) is 5.82 Å². The van der Waals surface area contributed by atoms with E-state index in [2.05, 4.69) is 22.2 Å². The predicted molar refractivity (Wildman–Crippen MR) is 47.7 cm³/mol. The molecule has 0 aliphatic heterocycles. The highest BCUT2D eigenvalue weighted by Gasteiger charge is 2.37. The van der Waals surface area contributed by atoms with E-state index in [1.165, 1.54) is 12.8 Å². The minimum atomic E-state index is 0.255. The van der Waals surface area contributed by atoms with Gasteiger partial charge in [-0.1, -0.05) is 0 Å². The normalized spacial score (nSPS) is 18.8. The summed E-state index contributed by atoms with van der Waals surface area (Å²) in [6, 6.07) is 0. The minimum Gasteiger partial charge on any atom is -0.382 e. The van der Waals surface area contributed by atoms with Crippen LogP contribution in [0.2, 0.25) is 0 Å². The average molecular weight is 164 g/mol. The molecule has 0 spiro atoms. The second kappa shape index (κ2) is 2.33. The number of aromatic nitrogens is 2. The Balaban J connectivity index is 2.08. The van der Waals surface area contributed by atoms with Gasteiger partial charge in [0, 0.05) is 5.54 Å². The van der Waals surface area contributed by atoms with Crippen molar-refractivity contribution in [2.75, 3.05) is 11.1 Å². The SMILES string of the molecule is CC1(Nc2cnc(N)cn2)CC1. The molecule has 0 saturated heterocycles. The predicted octanol–water partition coefficient (Wildman–Crippen LogP) is 1.02. The fourth-order valence-electron chi connectivity index (χ4n) is 1.02. The number of nitrogens with zero attached hydrogens (tertiary/aromatic N) is 2. The first kappa shape index (κ1) is 7.34. The van der Waals surface area contributed by atoms with Crippen LogP contribution in [0.5, 0.6) is 0 Å². The van der Waals surface area contributed by atoms with Crippen LogP contribution in [0.25, 0.3) is 0 Å². The fraction of sp³-hybridized carbons (Fsp3) is 0.500. The zero-order chi connectivity index (χ0) is 8.60. The number of hydrogen-bond acceptors (Lipinski definition) is 4. The van der Waals surface area contributed by atoms with Crippen molar-refractivity contribution in [3.8, 4) is 0 Å². The van der Waals surface area contributed by atoms with Gasteiger partial charge in [0.25, 0.3) is 0 Å². The zero-order valence-corrected chi connectivity index (χ0v) is 7.04. The van der Waals surface area contributed by atoms with Crippen LogP contribution in [0.15, 0.2) is 12.4 Å². The lowest BCUT2D eigenvalue weighted by Gasteiger charge is -2.10. The molecule has 3 N–H and O–H groups in total. The van der Waals surface area contributed by atoms with Crippen LogP contribution in [0.1, 0.15) is 19.8 Å². The monoisotopic (exact) mass is 164 g/mol. The molecule has 0 amide bonds. The molecular weight excluding hydrogens is 152 g/mol. The molecule has 12 heavy (non-hydrogen) atoms. The Morgan fingerprint density at radius 3 is 2.67 bits per heavy atom. The molecule has 1 aromatic heterocycles. The summed E-state index contributed by atoms with van der Waals surface area (Å²) in [4.78, 5) is 8.05. The standard InChI is InChI=1S/C8H12N4/c1-8(2-3-8)12-7-5-10-6(9)4-11-7/h4-5H,2-3H2,1H3,(H2,9,10)(H,11,12). The molecule has 1 aromatic rings. The second-order valence-electron chi connectivity index (χ2n) is 3.51. The first-order valence-electron chi connectivity index (χ1n) is 4.04. The van der Waals surface area contributed by atoms with Crippen molar-refractivity contribution in [2.45, 2.75) is 25.3 Å². The largest absolute Gasteiger partial charge is 0.382 e. The van der Waals surface area contributed by atoms with Gasteiger partial charge < -0.3 is 11.1 Å². The van der Waals surface area contributed by atoms with Gasteiger partial charge in [0.2, 0.25) is 0 Å². The van der Waals surface area contributed by atoms with Crippen LogP contribution >= 0.6 is 0 Å². The Hall–Kier alpha value is -1.32. The molecule has 0 radical (unpaired) electrons. The third-order valence-corrected chi connectivity index (χ3v) is 2.10. The molecule has 1 aliphatic carbocycles. The summed E-state index contributed by atoms with van der Waals surface area (Å²) in [5.74, 6) is 1.27. The van der Waals surface area contributed by atoms with Gasteiger partial charge in [0.15, 0.2) is 0 Å². The van der Waals surface area contributed by atoms with Crippen molar-refractivity contribution in [2.24, 2.45) is 0 Å². The summed E-state index contributed by atoms with van der Waals surface area (Å²) in [5, 5.41) is 3.29. The fourth-order valence-corrected chi connectivity index (χ4v) is 1.02. The van der Waals surface area contributed by atoms with Gasteiger partial charge >= 0.3 is 0 Å². The Labute approximate surface area is 71.2 Å². The Kier molecular flexibility index (Phi) is 1.43. The molecule has 2 rings (SSSR count). The Morgan fingerprint density at radius 2 is 2.17 bits per heavy atom. The molecule has 1 fully saturated rings. The topological polar surface area (TPSA) is 63.8 Å². The average Bonchev–Trinajstić information content (AvgIpc) is 2.74. The number of nitrogens with two attached hydrogens (primary N) is 1. The summed E-state index contributed by atoms with van der Waals surface area (Å²) < 4.78 is 0. The van der Waals surface area contributed by atoms with Crippen LogP contribution in [0, 0.1) is 0 Å². The molecule has 0 bridgehead atoms. The molecule has 64 valence electrons. The minimum absolute atomic E-state index is 0.255. The quantitative estimate of drug-likeness (QED) is 0.685. The van der Waals surface area contributed by atoms with E-state index in [4.69, 9.17) is 5.73 Å². The maximum absolute atomic E-state index is 5.40. The Bertz CT molecular complexity index is 276. The third kappa shape index (κ3) is 1.47.